The Hall–Kier alpha value is -3.80. The van der Waals surface area contributed by atoms with Crippen LogP contribution < -0.4 is 15.0 Å². The summed E-state index contributed by atoms with van der Waals surface area (Å²) >= 11 is 0. The van der Waals surface area contributed by atoms with Gasteiger partial charge in [0.2, 0.25) is 0 Å². The fourth-order valence-corrected chi connectivity index (χ4v) is 4.46. The molecule has 0 spiro atoms. The number of hydrogen-bond donors (Lipinski definition) is 1. The van der Waals surface area contributed by atoms with Crippen molar-refractivity contribution >= 4 is 23.2 Å². The maximum Gasteiger partial charge on any atom is 0.255 e. The van der Waals surface area contributed by atoms with Crippen molar-refractivity contribution in [2.24, 2.45) is 0 Å². The topological polar surface area (TPSA) is 61.9 Å². The molecule has 1 aliphatic heterocycles. The van der Waals surface area contributed by atoms with E-state index < -0.39 is 0 Å². The summed E-state index contributed by atoms with van der Waals surface area (Å²) in [6.45, 7) is 6.77. The minimum absolute atomic E-state index is 0.0119. The van der Waals surface area contributed by atoms with Gasteiger partial charge in [-0.15, -0.1) is 0 Å². The van der Waals surface area contributed by atoms with Crippen molar-refractivity contribution in [2.45, 2.75) is 26.7 Å². The minimum atomic E-state index is -0.180. The summed E-state index contributed by atoms with van der Waals surface area (Å²) in [6.07, 6.45) is 2.07. The molecule has 3 aromatic carbocycles. The van der Waals surface area contributed by atoms with Crippen LogP contribution in [0.2, 0.25) is 0 Å². The van der Waals surface area contributed by atoms with Crippen molar-refractivity contribution in [3.63, 3.8) is 0 Å². The summed E-state index contributed by atoms with van der Waals surface area (Å²) in [5, 5.41) is 2.94. The Labute approximate surface area is 207 Å². The lowest BCUT2D eigenvalue weighted by atomic mass is 10.0. The van der Waals surface area contributed by atoms with Gasteiger partial charge in [0.1, 0.15) is 5.75 Å². The Bertz CT molecular complexity index is 1180. The summed E-state index contributed by atoms with van der Waals surface area (Å²) in [5.74, 6) is 0.648. The molecule has 1 fully saturated rings. The fraction of sp³-hybridized carbons (Fsp3) is 0.310. The third-order valence-electron chi connectivity index (χ3n) is 6.47. The predicted molar refractivity (Wildman–Crippen MR) is 141 cm³/mol. The highest BCUT2D eigenvalue weighted by atomic mass is 16.5. The number of rotatable bonds is 7. The van der Waals surface area contributed by atoms with Crippen LogP contribution >= 0.6 is 0 Å². The highest BCUT2D eigenvalue weighted by Gasteiger charge is 2.25. The van der Waals surface area contributed by atoms with Gasteiger partial charge in [-0.1, -0.05) is 43.7 Å². The van der Waals surface area contributed by atoms with Crippen molar-refractivity contribution in [1.82, 2.24) is 4.90 Å². The molecule has 6 nitrogen and oxygen atoms in total. The van der Waals surface area contributed by atoms with Gasteiger partial charge < -0.3 is 19.9 Å². The number of methoxy groups -OCH3 is 1. The first-order chi connectivity index (χ1) is 17.0. The van der Waals surface area contributed by atoms with Crippen molar-refractivity contribution in [3.8, 4) is 5.75 Å². The molecular weight excluding hydrogens is 438 g/mol. The van der Waals surface area contributed by atoms with Crippen LogP contribution in [0.1, 0.15) is 45.2 Å². The molecule has 3 aromatic rings. The third-order valence-corrected chi connectivity index (χ3v) is 6.47. The number of benzene rings is 3. The largest absolute Gasteiger partial charge is 0.495 e. The average Bonchev–Trinajstić information content (AvgIpc) is 2.90. The summed E-state index contributed by atoms with van der Waals surface area (Å²) in [7, 11) is 1.68. The molecule has 1 saturated heterocycles. The second kappa shape index (κ2) is 11.1. The number of carbonyl (C=O) groups is 2. The van der Waals surface area contributed by atoms with Gasteiger partial charge in [0.05, 0.1) is 12.8 Å². The van der Waals surface area contributed by atoms with Gasteiger partial charge in [-0.2, -0.15) is 0 Å². The number of ether oxygens (including phenoxy) is 1. The molecule has 0 radical (unpaired) electrons. The van der Waals surface area contributed by atoms with E-state index >= 15 is 0 Å². The lowest BCUT2D eigenvalue weighted by Crippen LogP contribution is -2.49. The molecule has 2 amide bonds. The van der Waals surface area contributed by atoms with Crippen LogP contribution in [0, 0.1) is 6.92 Å². The molecule has 0 saturated carbocycles. The number of carbonyl (C=O) groups excluding carboxylic acids is 2. The van der Waals surface area contributed by atoms with E-state index in [1.165, 1.54) is 5.56 Å². The molecule has 1 aliphatic rings. The zero-order valence-electron chi connectivity index (χ0n) is 20.7. The lowest BCUT2D eigenvalue weighted by molar-refractivity contribution is 0.0745. The molecule has 0 bridgehead atoms. The van der Waals surface area contributed by atoms with E-state index in [4.69, 9.17) is 4.74 Å². The number of nitrogens with one attached hydrogen (secondary N) is 1. The highest BCUT2D eigenvalue weighted by molar-refractivity contribution is 6.05. The maximum atomic E-state index is 13.4. The van der Waals surface area contributed by atoms with Crippen LogP contribution in [-0.2, 0) is 6.42 Å². The third kappa shape index (κ3) is 5.65. The van der Waals surface area contributed by atoms with Crippen molar-refractivity contribution in [1.29, 1.82) is 0 Å². The van der Waals surface area contributed by atoms with Crippen LogP contribution in [-0.4, -0.2) is 50.0 Å². The fourth-order valence-electron chi connectivity index (χ4n) is 4.46. The molecule has 0 atom stereocenters. The predicted octanol–water partition coefficient (Wildman–Crippen LogP) is 5.17. The van der Waals surface area contributed by atoms with Crippen LogP contribution in [0.3, 0.4) is 0 Å². The molecule has 1 heterocycles. The molecule has 0 unspecified atom stereocenters. The van der Waals surface area contributed by atoms with Crippen LogP contribution in [0.25, 0.3) is 0 Å². The average molecular weight is 472 g/mol. The van der Waals surface area contributed by atoms with Crippen LogP contribution in [0.4, 0.5) is 11.4 Å². The van der Waals surface area contributed by atoms with Crippen molar-refractivity contribution < 1.29 is 14.3 Å². The number of hydrogen-bond acceptors (Lipinski definition) is 4. The molecule has 182 valence electrons. The van der Waals surface area contributed by atoms with Gasteiger partial charge in [0, 0.05) is 43.0 Å². The minimum Gasteiger partial charge on any atom is -0.495 e. The quantitative estimate of drug-likeness (QED) is 0.516. The van der Waals surface area contributed by atoms with E-state index in [0.29, 0.717) is 29.9 Å². The smallest absolute Gasteiger partial charge is 0.255 e. The van der Waals surface area contributed by atoms with Crippen LogP contribution in [0.15, 0.2) is 66.7 Å². The zero-order valence-corrected chi connectivity index (χ0v) is 20.7. The summed E-state index contributed by atoms with van der Waals surface area (Å²) in [6, 6.07) is 21.2. The summed E-state index contributed by atoms with van der Waals surface area (Å²) in [4.78, 5) is 30.2. The Morgan fingerprint density at radius 2 is 1.66 bits per heavy atom. The number of anilines is 2. The Morgan fingerprint density at radius 1 is 0.943 bits per heavy atom. The molecule has 0 aliphatic carbocycles. The zero-order chi connectivity index (χ0) is 24.8. The van der Waals surface area contributed by atoms with E-state index in [0.717, 1.165) is 42.9 Å². The van der Waals surface area contributed by atoms with E-state index in [9.17, 15) is 9.59 Å². The van der Waals surface area contributed by atoms with Gasteiger partial charge in [0.15, 0.2) is 0 Å². The van der Waals surface area contributed by atoms with Gasteiger partial charge in [0.25, 0.3) is 11.8 Å². The Kier molecular flexibility index (Phi) is 7.70. The standard InChI is InChI=1S/C29H33N3O3/c1-4-7-22-11-13-23(14-12-22)28(33)30-24-15-10-21(2)25(20-24)29(34)32-18-16-31(17-19-32)26-8-5-6-9-27(26)35-3/h5-6,8-15,20H,4,7,16-19H2,1-3H3,(H,30,33). The molecule has 0 aromatic heterocycles. The van der Waals surface area contributed by atoms with E-state index in [-0.39, 0.29) is 11.8 Å². The van der Waals surface area contributed by atoms with Gasteiger partial charge >= 0.3 is 0 Å². The monoisotopic (exact) mass is 471 g/mol. The first kappa shape index (κ1) is 24.3. The van der Waals surface area contributed by atoms with Gasteiger partial charge in [-0.3, -0.25) is 9.59 Å². The number of piperazine rings is 1. The first-order valence-electron chi connectivity index (χ1n) is 12.2. The van der Waals surface area contributed by atoms with Gasteiger partial charge in [-0.25, -0.2) is 0 Å². The normalized spacial score (nSPS) is 13.5. The Balaban J connectivity index is 1.42. The van der Waals surface area contributed by atoms with E-state index in [1.54, 1.807) is 13.2 Å². The number of para-hydroxylation sites is 2. The van der Waals surface area contributed by atoms with Crippen LogP contribution in [0.5, 0.6) is 5.75 Å². The highest BCUT2D eigenvalue weighted by Crippen LogP contribution is 2.29. The molecule has 35 heavy (non-hydrogen) atoms. The number of nitrogens with zero attached hydrogens (tertiary/aromatic N) is 2. The number of aryl methyl sites for hydroxylation is 2. The van der Waals surface area contributed by atoms with Crippen molar-refractivity contribution in [2.75, 3.05) is 43.5 Å². The Morgan fingerprint density at radius 3 is 2.34 bits per heavy atom. The second-order valence-corrected chi connectivity index (χ2v) is 8.88. The SMILES string of the molecule is CCCc1ccc(C(=O)Nc2ccc(C)c(C(=O)N3CCN(c4ccccc4OC)CC3)c2)cc1. The lowest BCUT2D eigenvalue weighted by Gasteiger charge is -2.36. The van der Waals surface area contributed by atoms with Crippen molar-refractivity contribution in [3.05, 3.63) is 89.0 Å². The van der Waals surface area contributed by atoms with Gasteiger partial charge in [-0.05, 0) is 60.9 Å². The van der Waals surface area contributed by atoms with E-state index in [1.807, 2.05) is 72.5 Å². The van der Waals surface area contributed by atoms with E-state index in [2.05, 4.69) is 17.1 Å². The molecule has 1 N–H and O–H groups in total. The number of amides is 2. The second-order valence-electron chi connectivity index (χ2n) is 8.88. The molecular formula is C29H33N3O3. The summed E-state index contributed by atoms with van der Waals surface area (Å²) < 4.78 is 5.49. The maximum absolute atomic E-state index is 13.4. The molecule has 6 heteroatoms. The summed E-state index contributed by atoms with van der Waals surface area (Å²) in [5.41, 5.74) is 5.00. The molecule has 4 rings (SSSR count). The first-order valence-corrected chi connectivity index (χ1v) is 12.2.